The Kier molecular flexibility index (Phi) is 2.13. The van der Waals surface area contributed by atoms with Gasteiger partial charge in [0.1, 0.15) is 0 Å². The lowest BCUT2D eigenvalue weighted by molar-refractivity contribution is -0.107. The van der Waals surface area contributed by atoms with Crippen molar-refractivity contribution in [2.75, 3.05) is 4.90 Å². The van der Waals surface area contributed by atoms with Crippen LogP contribution < -0.4 is 4.90 Å². The van der Waals surface area contributed by atoms with Gasteiger partial charge in [0.05, 0.1) is 5.70 Å². The van der Waals surface area contributed by atoms with Gasteiger partial charge >= 0.3 is 0 Å². The summed E-state index contributed by atoms with van der Waals surface area (Å²) in [6.45, 7) is 3.58. The molecule has 0 radical (unpaired) electrons. The lowest BCUT2D eigenvalue weighted by Gasteiger charge is -2.14. The molecule has 0 N–H and O–H groups in total. The van der Waals surface area contributed by atoms with Crippen molar-refractivity contribution in [3.8, 4) is 0 Å². The number of para-hydroxylation sites is 1. The summed E-state index contributed by atoms with van der Waals surface area (Å²) in [4.78, 5) is 23.9. The topological polar surface area (TPSA) is 37.4 Å². The summed E-state index contributed by atoms with van der Waals surface area (Å²) in [6, 6.07) is 9.00. The summed E-state index contributed by atoms with van der Waals surface area (Å²) < 4.78 is 0. The minimum atomic E-state index is -0.286. The molecule has 1 amide bonds. The number of carbonyl (C=O) groups is 2. The lowest BCUT2D eigenvalue weighted by Crippen LogP contribution is -2.20. The molecule has 4 heteroatoms. The average molecular weight is 205 g/mol. The molecular formula is C10H7NO2S. The molecular weight excluding hydrogens is 198 g/mol. The number of carbonyl (C=O) groups excluding carboxylic acids is 2. The van der Waals surface area contributed by atoms with Crippen molar-refractivity contribution in [1.82, 2.24) is 0 Å². The second kappa shape index (κ2) is 3.31. The van der Waals surface area contributed by atoms with Gasteiger partial charge in [-0.15, -0.1) is 0 Å². The van der Waals surface area contributed by atoms with E-state index in [1.54, 1.807) is 12.1 Å². The highest BCUT2D eigenvalue weighted by Gasteiger charge is 2.34. The van der Waals surface area contributed by atoms with Gasteiger partial charge in [-0.2, -0.15) is 0 Å². The molecule has 0 unspecified atom stereocenters. The molecule has 0 spiro atoms. The van der Waals surface area contributed by atoms with Gasteiger partial charge in [-0.1, -0.05) is 24.8 Å². The number of anilines is 1. The number of amides is 1. The molecule has 70 valence electrons. The van der Waals surface area contributed by atoms with Crippen LogP contribution in [0.15, 0.2) is 42.6 Å². The van der Waals surface area contributed by atoms with E-state index in [0.29, 0.717) is 17.4 Å². The van der Waals surface area contributed by atoms with Crippen LogP contribution in [-0.2, 0) is 4.79 Å². The standard InChI is InChI=1S/C10H7NO2S/c1-7-9(12)14-10(13)11(7)8-5-3-2-4-6-8/h2-6H,1H2. The molecule has 14 heavy (non-hydrogen) atoms. The van der Waals surface area contributed by atoms with Gasteiger partial charge in [-0.3, -0.25) is 14.5 Å². The van der Waals surface area contributed by atoms with E-state index in [2.05, 4.69) is 6.58 Å². The molecule has 0 atom stereocenters. The largest absolute Gasteiger partial charge is 0.298 e. The van der Waals surface area contributed by atoms with Crippen molar-refractivity contribution in [1.29, 1.82) is 0 Å². The highest BCUT2D eigenvalue weighted by atomic mass is 32.2. The Morgan fingerprint density at radius 1 is 1.14 bits per heavy atom. The highest BCUT2D eigenvalue weighted by Crippen LogP contribution is 2.32. The summed E-state index contributed by atoms with van der Waals surface area (Å²) in [5, 5.41) is -0.565. The molecule has 0 aromatic heterocycles. The zero-order valence-corrected chi connectivity index (χ0v) is 8.08. The van der Waals surface area contributed by atoms with Gasteiger partial charge in [-0.25, -0.2) is 0 Å². The predicted molar refractivity (Wildman–Crippen MR) is 56.1 cm³/mol. The Morgan fingerprint density at radius 3 is 2.29 bits per heavy atom. The van der Waals surface area contributed by atoms with E-state index in [0.717, 1.165) is 0 Å². The molecule has 1 aliphatic rings. The van der Waals surface area contributed by atoms with Crippen LogP contribution in [0.5, 0.6) is 0 Å². The van der Waals surface area contributed by atoms with E-state index in [9.17, 15) is 9.59 Å². The highest BCUT2D eigenvalue weighted by molar-refractivity contribution is 8.27. The van der Waals surface area contributed by atoms with Gasteiger partial charge in [0.2, 0.25) is 5.12 Å². The predicted octanol–water partition coefficient (Wildman–Crippen LogP) is 2.40. The van der Waals surface area contributed by atoms with Gasteiger partial charge in [0.25, 0.3) is 5.24 Å². The minimum absolute atomic E-state index is 0.228. The van der Waals surface area contributed by atoms with Crippen molar-refractivity contribution in [2.45, 2.75) is 0 Å². The molecule has 1 aromatic carbocycles. The molecule has 0 aliphatic carbocycles. The Labute approximate surface area is 85.4 Å². The summed E-state index contributed by atoms with van der Waals surface area (Å²) in [7, 11) is 0. The molecule has 2 rings (SSSR count). The molecule has 1 saturated heterocycles. The van der Waals surface area contributed by atoms with Crippen LogP contribution in [-0.4, -0.2) is 10.4 Å². The molecule has 1 aliphatic heterocycles. The van der Waals surface area contributed by atoms with Crippen LogP contribution in [0.3, 0.4) is 0 Å². The van der Waals surface area contributed by atoms with Crippen LogP contribution in [0.25, 0.3) is 0 Å². The third kappa shape index (κ3) is 1.33. The maximum absolute atomic E-state index is 11.4. The Bertz CT molecular complexity index is 413. The number of hydrogen-bond acceptors (Lipinski definition) is 3. The van der Waals surface area contributed by atoms with E-state index in [1.165, 1.54) is 4.90 Å². The van der Waals surface area contributed by atoms with Crippen molar-refractivity contribution >= 4 is 27.8 Å². The van der Waals surface area contributed by atoms with E-state index in [4.69, 9.17) is 0 Å². The van der Waals surface area contributed by atoms with E-state index in [-0.39, 0.29) is 16.1 Å². The Morgan fingerprint density at radius 2 is 1.79 bits per heavy atom. The fourth-order valence-electron chi connectivity index (χ4n) is 1.22. The minimum Gasteiger partial charge on any atom is -0.279 e. The molecule has 3 nitrogen and oxygen atoms in total. The van der Waals surface area contributed by atoms with Crippen LogP contribution >= 0.6 is 11.8 Å². The lowest BCUT2D eigenvalue weighted by atomic mass is 10.3. The number of benzene rings is 1. The first kappa shape index (κ1) is 9.02. The molecule has 1 aromatic rings. The normalized spacial score (nSPS) is 16.6. The molecule has 1 fully saturated rings. The molecule has 1 heterocycles. The van der Waals surface area contributed by atoms with Crippen LogP contribution in [0, 0.1) is 0 Å². The van der Waals surface area contributed by atoms with Crippen LogP contribution in [0.1, 0.15) is 0 Å². The maximum Gasteiger partial charge on any atom is 0.298 e. The fourth-order valence-corrected chi connectivity index (χ4v) is 1.90. The number of nitrogens with zero attached hydrogens (tertiary/aromatic N) is 1. The summed E-state index contributed by atoms with van der Waals surface area (Å²) in [6.07, 6.45) is 0. The maximum atomic E-state index is 11.4. The monoisotopic (exact) mass is 205 g/mol. The Hall–Kier alpha value is -1.55. The van der Waals surface area contributed by atoms with E-state index < -0.39 is 0 Å². The fraction of sp³-hybridized carbons (Fsp3) is 0. The van der Waals surface area contributed by atoms with E-state index >= 15 is 0 Å². The SMILES string of the molecule is C=C1C(=O)SC(=O)N1c1ccccc1. The van der Waals surface area contributed by atoms with Gasteiger partial charge < -0.3 is 0 Å². The van der Waals surface area contributed by atoms with Gasteiger partial charge in [-0.05, 0) is 12.1 Å². The first-order chi connectivity index (χ1) is 6.70. The zero-order valence-electron chi connectivity index (χ0n) is 7.27. The number of hydrogen-bond donors (Lipinski definition) is 0. The van der Waals surface area contributed by atoms with Crippen LogP contribution in [0.4, 0.5) is 10.5 Å². The van der Waals surface area contributed by atoms with Crippen molar-refractivity contribution in [3.63, 3.8) is 0 Å². The molecule has 0 saturated carbocycles. The smallest absolute Gasteiger partial charge is 0.279 e. The second-order valence-electron chi connectivity index (χ2n) is 2.77. The van der Waals surface area contributed by atoms with E-state index in [1.807, 2.05) is 18.2 Å². The third-order valence-corrected chi connectivity index (χ3v) is 2.66. The van der Waals surface area contributed by atoms with Gasteiger partial charge in [0, 0.05) is 17.4 Å². The Balaban J connectivity index is 2.41. The van der Waals surface area contributed by atoms with Crippen molar-refractivity contribution < 1.29 is 9.59 Å². The quantitative estimate of drug-likeness (QED) is 0.660. The summed E-state index contributed by atoms with van der Waals surface area (Å²) in [5.74, 6) is 0. The number of thioether (sulfide) groups is 1. The summed E-state index contributed by atoms with van der Waals surface area (Å²) >= 11 is 0.680. The average Bonchev–Trinajstić information content (AvgIpc) is 2.43. The zero-order chi connectivity index (χ0) is 10.1. The van der Waals surface area contributed by atoms with Crippen molar-refractivity contribution in [3.05, 3.63) is 42.6 Å². The van der Waals surface area contributed by atoms with Gasteiger partial charge in [0.15, 0.2) is 0 Å². The number of rotatable bonds is 1. The molecule has 0 bridgehead atoms. The first-order valence-corrected chi connectivity index (χ1v) is 4.82. The second-order valence-corrected chi connectivity index (χ2v) is 3.70. The van der Waals surface area contributed by atoms with Crippen molar-refractivity contribution in [2.24, 2.45) is 0 Å². The summed E-state index contributed by atoms with van der Waals surface area (Å²) in [5.41, 5.74) is 0.909. The van der Waals surface area contributed by atoms with Crippen LogP contribution in [0.2, 0.25) is 0 Å². The first-order valence-electron chi connectivity index (χ1n) is 4.00. The third-order valence-electron chi connectivity index (χ3n) is 1.88.